The second-order valence-electron chi connectivity index (χ2n) is 5.86. The summed E-state index contributed by atoms with van der Waals surface area (Å²) >= 11 is 6.27. The van der Waals surface area contributed by atoms with Gasteiger partial charge in [-0.25, -0.2) is 17.4 Å². The van der Waals surface area contributed by atoms with Crippen molar-refractivity contribution in [1.82, 2.24) is 8.96 Å². The zero-order valence-electron chi connectivity index (χ0n) is 14.5. The molecule has 3 aromatic rings. The maximum absolute atomic E-state index is 13.0. The number of imidazole rings is 1. The van der Waals surface area contributed by atoms with Crippen LogP contribution < -0.4 is 4.74 Å². The number of nitrogens with zero attached hydrogens (tertiary/aromatic N) is 2. The van der Waals surface area contributed by atoms with Crippen molar-refractivity contribution in [2.75, 3.05) is 6.61 Å². The summed E-state index contributed by atoms with van der Waals surface area (Å²) in [5, 5.41) is 0.415. The molecule has 0 aliphatic rings. The largest absolute Gasteiger partial charge is 0.492 e. The number of hydrogen-bond donors (Lipinski definition) is 0. The quantitative estimate of drug-likeness (QED) is 0.620. The average molecular weight is 391 g/mol. The molecule has 0 radical (unpaired) electrons. The van der Waals surface area contributed by atoms with Crippen LogP contribution in [0.1, 0.15) is 18.9 Å². The Labute approximate surface area is 158 Å². The molecule has 0 saturated heterocycles. The number of benzene rings is 2. The van der Waals surface area contributed by atoms with E-state index in [1.165, 1.54) is 12.4 Å². The van der Waals surface area contributed by atoms with Crippen LogP contribution in [0.4, 0.5) is 0 Å². The number of aromatic nitrogens is 2. The molecule has 0 aliphatic carbocycles. The fraction of sp³-hybridized carbons (Fsp3) is 0.211. The summed E-state index contributed by atoms with van der Waals surface area (Å²) in [5.74, 6) is 0.867. The molecular weight excluding hydrogens is 372 g/mol. The maximum Gasteiger partial charge on any atom is 0.269 e. The molecule has 7 heteroatoms. The summed E-state index contributed by atoms with van der Waals surface area (Å²) in [6, 6.07) is 11.8. The molecule has 2 aromatic carbocycles. The Morgan fingerprint density at radius 1 is 1.15 bits per heavy atom. The van der Waals surface area contributed by atoms with E-state index in [2.05, 4.69) is 4.98 Å². The molecule has 3 rings (SSSR count). The molecule has 0 aliphatic heterocycles. The highest BCUT2D eigenvalue weighted by molar-refractivity contribution is 7.90. The van der Waals surface area contributed by atoms with Crippen LogP contribution in [0.25, 0.3) is 11.4 Å². The van der Waals surface area contributed by atoms with Crippen molar-refractivity contribution >= 4 is 21.6 Å². The van der Waals surface area contributed by atoms with Gasteiger partial charge in [-0.1, -0.05) is 36.2 Å². The van der Waals surface area contributed by atoms with Crippen molar-refractivity contribution in [2.24, 2.45) is 0 Å². The van der Waals surface area contributed by atoms with E-state index in [4.69, 9.17) is 16.3 Å². The lowest BCUT2D eigenvalue weighted by Gasteiger charge is -2.11. The highest BCUT2D eigenvalue weighted by Crippen LogP contribution is 2.31. The smallest absolute Gasteiger partial charge is 0.269 e. The minimum Gasteiger partial charge on any atom is -0.492 e. The lowest BCUT2D eigenvalue weighted by molar-refractivity contribution is 0.317. The minimum absolute atomic E-state index is 0.205. The Balaban J connectivity index is 2.01. The summed E-state index contributed by atoms with van der Waals surface area (Å²) in [7, 11) is -3.75. The molecule has 5 nitrogen and oxygen atoms in total. The average Bonchev–Trinajstić information content (AvgIpc) is 3.11. The molecule has 0 fully saturated rings. The molecule has 0 atom stereocenters. The van der Waals surface area contributed by atoms with Gasteiger partial charge in [-0.2, -0.15) is 0 Å². The molecule has 1 aromatic heterocycles. The lowest BCUT2D eigenvalue weighted by Crippen LogP contribution is -2.13. The van der Waals surface area contributed by atoms with Crippen LogP contribution in [-0.2, 0) is 10.0 Å². The molecule has 0 bridgehead atoms. The number of ether oxygens (including phenoxy) is 1. The minimum atomic E-state index is -3.75. The van der Waals surface area contributed by atoms with E-state index in [0.29, 0.717) is 28.8 Å². The second kappa shape index (κ2) is 7.51. The van der Waals surface area contributed by atoms with Crippen molar-refractivity contribution < 1.29 is 13.2 Å². The maximum atomic E-state index is 13.0. The van der Waals surface area contributed by atoms with Gasteiger partial charge in [-0.3, -0.25) is 0 Å². The first-order valence-corrected chi connectivity index (χ1v) is 10.0. The van der Waals surface area contributed by atoms with Crippen LogP contribution >= 0.6 is 11.6 Å². The summed E-state index contributed by atoms with van der Waals surface area (Å²) < 4.78 is 32.6. The van der Waals surface area contributed by atoms with Gasteiger partial charge >= 0.3 is 0 Å². The van der Waals surface area contributed by atoms with Gasteiger partial charge in [-0.15, -0.1) is 0 Å². The molecular formula is C19H19ClN2O3S. The van der Waals surface area contributed by atoms with E-state index in [1.807, 2.05) is 13.8 Å². The van der Waals surface area contributed by atoms with Crippen molar-refractivity contribution in [3.05, 3.63) is 65.4 Å². The Bertz CT molecular complexity index is 1010. The van der Waals surface area contributed by atoms with Gasteiger partial charge in [0.15, 0.2) is 5.82 Å². The lowest BCUT2D eigenvalue weighted by atomic mass is 10.2. The fourth-order valence-corrected chi connectivity index (χ4v) is 4.02. The van der Waals surface area contributed by atoms with E-state index in [1.54, 1.807) is 42.5 Å². The van der Waals surface area contributed by atoms with E-state index in [0.717, 1.165) is 16.0 Å². The molecule has 0 N–H and O–H groups in total. The molecule has 136 valence electrons. The van der Waals surface area contributed by atoms with Crippen LogP contribution in [0.3, 0.4) is 0 Å². The van der Waals surface area contributed by atoms with Gasteiger partial charge < -0.3 is 4.74 Å². The van der Waals surface area contributed by atoms with Crippen molar-refractivity contribution in [3.63, 3.8) is 0 Å². The SMILES string of the molecule is CCCOc1ccc(-c2nccn2S(=O)(=O)c2ccc(C)cc2)cc1Cl. The third-order valence-electron chi connectivity index (χ3n) is 3.84. The molecule has 0 amide bonds. The first kappa shape index (κ1) is 18.5. The standard InChI is InChI=1S/C19H19ClN2O3S/c1-3-12-25-18-9-6-15(13-17(18)20)19-21-10-11-22(19)26(23,24)16-7-4-14(2)5-8-16/h4-11,13H,3,12H2,1-2H3. The van der Waals surface area contributed by atoms with Crippen molar-refractivity contribution in [3.8, 4) is 17.1 Å². The summed E-state index contributed by atoms with van der Waals surface area (Å²) in [5.41, 5.74) is 1.59. The van der Waals surface area contributed by atoms with E-state index in [9.17, 15) is 8.42 Å². The van der Waals surface area contributed by atoms with Crippen molar-refractivity contribution in [2.45, 2.75) is 25.2 Å². The zero-order valence-corrected chi connectivity index (χ0v) is 16.1. The summed E-state index contributed by atoms with van der Waals surface area (Å²) in [4.78, 5) is 4.42. The first-order valence-electron chi connectivity index (χ1n) is 8.22. The third kappa shape index (κ3) is 3.61. The summed E-state index contributed by atoms with van der Waals surface area (Å²) in [6.07, 6.45) is 3.76. The summed E-state index contributed by atoms with van der Waals surface area (Å²) in [6.45, 7) is 4.48. The predicted octanol–water partition coefficient (Wildman–Crippen LogP) is 4.54. The highest BCUT2D eigenvalue weighted by atomic mass is 35.5. The Morgan fingerprint density at radius 2 is 1.88 bits per heavy atom. The first-order chi connectivity index (χ1) is 12.4. The molecule has 0 saturated carbocycles. The predicted molar refractivity (Wildman–Crippen MR) is 102 cm³/mol. The third-order valence-corrected chi connectivity index (χ3v) is 5.81. The van der Waals surface area contributed by atoms with E-state index < -0.39 is 10.0 Å². The van der Waals surface area contributed by atoms with E-state index in [-0.39, 0.29) is 4.90 Å². The Hall–Kier alpha value is -2.31. The van der Waals surface area contributed by atoms with E-state index >= 15 is 0 Å². The van der Waals surface area contributed by atoms with Gasteiger partial charge in [0.1, 0.15) is 5.75 Å². The normalized spacial score (nSPS) is 11.5. The molecule has 0 spiro atoms. The Morgan fingerprint density at radius 3 is 2.54 bits per heavy atom. The molecule has 1 heterocycles. The highest BCUT2D eigenvalue weighted by Gasteiger charge is 2.21. The topological polar surface area (TPSA) is 61.2 Å². The van der Waals surface area contributed by atoms with Crippen LogP contribution in [0.5, 0.6) is 5.75 Å². The number of aryl methyl sites for hydroxylation is 1. The fourth-order valence-electron chi connectivity index (χ4n) is 2.48. The van der Waals surface area contributed by atoms with Gasteiger partial charge in [0, 0.05) is 18.0 Å². The van der Waals surface area contributed by atoms with Crippen molar-refractivity contribution in [1.29, 1.82) is 0 Å². The second-order valence-corrected chi connectivity index (χ2v) is 8.08. The number of hydrogen-bond acceptors (Lipinski definition) is 4. The van der Waals surface area contributed by atoms with Crippen LogP contribution in [0, 0.1) is 6.92 Å². The van der Waals surface area contributed by atoms with Crippen LogP contribution in [0.15, 0.2) is 59.8 Å². The zero-order chi connectivity index (χ0) is 18.7. The molecule has 0 unspecified atom stereocenters. The van der Waals surface area contributed by atoms with Crippen LogP contribution in [0.2, 0.25) is 5.02 Å². The Kier molecular flexibility index (Phi) is 5.34. The monoisotopic (exact) mass is 390 g/mol. The van der Waals surface area contributed by atoms with Gasteiger partial charge in [0.05, 0.1) is 16.5 Å². The molecule has 26 heavy (non-hydrogen) atoms. The van der Waals surface area contributed by atoms with Gasteiger partial charge in [0.2, 0.25) is 0 Å². The van der Waals surface area contributed by atoms with Crippen LogP contribution in [-0.4, -0.2) is 24.0 Å². The number of halogens is 1. The van der Waals surface area contributed by atoms with Gasteiger partial charge in [-0.05, 0) is 43.7 Å². The van der Waals surface area contributed by atoms with Gasteiger partial charge in [0.25, 0.3) is 10.0 Å². The number of rotatable bonds is 6.